The van der Waals surface area contributed by atoms with Crippen molar-refractivity contribution in [3.63, 3.8) is 0 Å². The molecule has 0 amide bonds. The number of nitrogens with zero attached hydrogens (tertiary/aromatic N) is 1. The minimum atomic E-state index is -0.171. The molecule has 0 radical (unpaired) electrons. The molecule has 0 atom stereocenters. The van der Waals surface area contributed by atoms with Gasteiger partial charge in [0.2, 0.25) is 0 Å². The fraction of sp³-hybridized carbons (Fsp3) is 0.500. The highest BCUT2D eigenvalue weighted by Crippen LogP contribution is 2.02. The molecule has 0 aliphatic carbocycles. The normalized spacial score (nSPS) is 16.2. The molecule has 2 heteroatoms. The maximum atomic E-state index is 12.1. The molecule has 0 aromatic heterocycles. The van der Waals surface area contributed by atoms with E-state index in [1.807, 2.05) is 6.92 Å². The molecule has 0 bridgehead atoms. The number of benzene rings is 1. The summed E-state index contributed by atoms with van der Waals surface area (Å²) in [5.41, 5.74) is 1.09. The van der Waals surface area contributed by atoms with Crippen LogP contribution in [-0.2, 0) is 0 Å². The van der Waals surface area contributed by atoms with Gasteiger partial charge in [-0.3, -0.25) is 0 Å². The average Bonchev–Trinajstić information content (AvgIpc) is 2.63. The third kappa shape index (κ3) is 4.38. The first-order valence-corrected chi connectivity index (χ1v) is 5.09. The van der Waals surface area contributed by atoms with Crippen molar-refractivity contribution in [3.8, 4) is 0 Å². The van der Waals surface area contributed by atoms with E-state index in [2.05, 4.69) is 11.9 Å². The third-order valence-electron chi connectivity index (χ3n) is 2.34. The molecule has 1 fully saturated rings. The fourth-order valence-corrected chi connectivity index (χ4v) is 1.41. The number of aryl methyl sites for hydroxylation is 1. The number of halogens is 1. The van der Waals surface area contributed by atoms with Crippen LogP contribution in [0.1, 0.15) is 18.4 Å². The smallest absolute Gasteiger partial charge is 0.123 e. The van der Waals surface area contributed by atoms with E-state index in [0.29, 0.717) is 0 Å². The Kier molecular flexibility index (Phi) is 4.60. The molecule has 1 saturated heterocycles. The Balaban J connectivity index is 0.000000146. The minimum Gasteiger partial charge on any atom is -0.306 e. The zero-order chi connectivity index (χ0) is 10.4. The number of likely N-dealkylation sites (tertiary alicyclic amines) is 1. The fourth-order valence-electron chi connectivity index (χ4n) is 1.41. The number of hydrogen-bond acceptors (Lipinski definition) is 1. The summed E-state index contributed by atoms with van der Waals surface area (Å²) in [6.07, 6.45) is 2.83. The molecule has 0 N–H and O–H groups in total. The van der Waals surface area contributed by atoms with Crippen molar-refractivity contribution in [1.82, 2.24) is 4.90 Å². The van der Waals surface area contributed by atoms with E-state index in [1.54, 1.807) is 12.1 Å². The van der Waals surface area contributed by atoms with Gasteiger partial charge in [0.25, 0.3) is 0 Å². The monoisotopic (exact) mass is 195 g/mol. The lowest BCUT2D eigenvalue weighted by Crippen LogP contribution is -2.10. The van der Waals surface area contributed by atoms with E-state index in [1.165, 1.54) is 38.1 Å². The third-order valence-corrected chi connectivity index (χ3v) is 2.34. The summed E-state index contributed by atoms with van der Waals surface area (Å²) in [7, 11) is 2.17. The zero-order valence-corrected chi connectivity index (χ0v) is 8.96. The SMILES string of the molecule is CN1CCCC1.Cc1ccc(F)cc1. The molecule has 0 spiro atoms. The highest BCUT2D eigenvalue weighted by Gasteiger charge is 2.03. The summed E-state index contributed by atoms with van der Waals surface area (Å²) in [4.78, 5) is 2.36. The molecule has 0 unspecified atom stereocenters. The van der Waals surface area contributed by atoms with Gasteiger partial charge in [0, 0.05) is 0 Å². The van der Waals surface area contributed by atoms with Gasteiger partial charge in [-0.05, 0) is 52.0 Å². The van der Waals surface area contributed by atoms with Gasteiger partial charge in [-0.1, -0.05) is 17.7 Å². The molecule has 1 nitrogen and oxygen atoms in total. The lowest BCUT2D eigenvalue weighted by molar-refractivity contribution is 0.418. The molecular weight excluding hydrogens is 177 g/mol. The molecule has 1 heterocycles. The van der Waals surface area contributed by atoms with E-state index >= 15 is 0 Å². The second-order valence-corrected chi connectivity index (χ2v) is 3.81. The van der Waals surface area contributed by atoms with Gasteiger partial charge in [0.15, 0.2) is 0 Å². The Morgan fingerprint density at radius 1 is 1.07 bits per heavy atom. The Hall–Kier alpha value is -0.890. The first-order valence-electron chi connectivity index (χ1n) is 5.09. The summed E-state index contributed by atoms with van der Waals surface area (Å²) in [5.74, 6) is -0.171. The minimum absolute atomic E-state index is 0.171. The quantitative estimate of drug-likeness (QED) is 0.615. The molecular formula is C12H18FN. The molecule has 0 saturated carbocycles. The largest absolute Gasteiger partial charge is 0.306 e. The van der Waals surface area contributed by atoms with Crippen LogP contribution < -0.4 is 0 Å². The summed E-state index contributed by atoms with van der Waals surface area (Å²) in [6.45, 7) is 4.57. The summed E-state index contributed by atoms with van der Waals surface area (Å²) >= 11 is 0. The van der Waals surface area contributed by atoms with Crippen LogP contribution in [0.4, 0.5) is 4.39 Å². The predicted octanol–water partition coefficient (Wildman–Crippen LogP) is 2.85. The van der Waals surface area contributed by atoms with E-state index < -0.39 is 0 Å². The molecule has 1 aliphatic rings. The first-order chi connectivity index (χ1) is 6.68. The highest BCUT2D eigenvalue weighted by molar-refractivity contribution is 5.13. The van der Waals surface area contributed by atoms with E-state index in [4.69, 9.17) is 0 Å². The van der Waals surface area contributed by atoms with Gasteiger partial charge >= 0.3 is 0 Å². The molecule has 1 aliphatic heterocycles. The van der Waals surface area contributed by atoms with Gasteiger partial charge in [0.1, 0.15) is 5.82 Å². The van der Waals surface area contributed by atoms with Crippen LogP contribution in [0.25, 0.3) is 0 Å². The van der Waals surface area contributed by atoms with Crippen molar-refractivity contribution in [2.45, 2.75) is 19.8 Å². The van der Waals surface area contributed by atoms with Crippen molar-refractivity contribution >= 4 is 0 Å². The Labute approximate surface area is 85.5 Å². The predicted molar refractivity (Wildman–Crippen MR) is 57.9 cm³/mol. The van der Waals surface area contributed by atoms with E-state index in [0.717, 1.165) is 5.56 Å². The summed E-state index contributed by atoms with van der Waals surface area (Å²) < 4.78 is 12.1. The lowest BCUT2D eigenvalue weighted by Gasteiger charge is -2.01. The van der Waals surface area contributed by atoms with Crippen molar-refractivity contribution in [3.05, 3.63) is 35.6 Å². The highest BCUT2D eigenvalue weighted by atomic mass is 19.1. The Morgan fingerprint density at radius 2 is 1.57 bits per heavy atom. The van der Waals surface area contributed by atoms with Gasteiger partial charge in [-0.25, -0.2) is 4.39 Å². The number of rotatable bonds is 0. The van der Waals surface area contributed by atoms with Crippen molar-refractivity contribution < 1.29 is 4.39 Å². The van der Waals surface area contributed by atoms with Crippen LogP contribution in [0.3, 0.4) is 0 Å². The second kappa shape index (κ2) is 5.76. The molecule has 1 aromatic rings. The summed E-state index contributed by atoms with van der Waals surface area (Å²) in [5, 5.41) is 0. The lowest BCUT2D eigenvalue weighted by atomic mass is 10.2. The topological polar surface area (TPSA) is 3.24 Å². The summed E-state index contributed by atoms with van der Waals surface area (Å²) in [6, 6.07) is 6.40. The average molecular weight is 195 g/mol. The van der Waals surface area contributed by atoms with E-state index in [9.17, 15) is 4.39 Å². The molecule has 78 valence electrons. The van der Waals surface area contributed by atoms with Crippen LogP contribution in [0.2, 0.25) is 0 Å². The Morgan fingerprint density at radius 3 is 1.86 bits per heavy atom. The van der Waals surface area contributed by atoms with Gasteiger partial charge < -0.3 is 4.90 Å². The second-order valence-electron chi connectivity index (χ2n) is 3.81. The van der Waals surface area contributed by atoms with Crippen LogP contribution >= 0.6 is 0 Å². The maximum absolute atomic E-state index is 12.1. The van der Waals surface area contributed by atoms with E-state index in [-0.39, 0.29) is 5.82 Å². The molecule has 2 rings (SSSR count). The van der Waals surface area contributed by atoms with Crippen molar-refractivity contribution in [2.75, 3.05) is 20.1 Å². The van der Waals surface area contributed by atoms with Gasteiger partial charge in [-0.2, -0.15) is 0 Å². The van der Waals surface area contributed by atoms with Crippen LogP contribution in [0.5, 0.6) is 0 Å². The van der Waals surface area contributed by atoms with Crippen LogP contribution in [0, 0.1) is 12.7 Å². The first kappa shape index (κ1) is 11.2. The van der Waals surface area contributed by atoms with Crippen LogP contribution in [-0.4, -0.2) is 25.0 Å². The van der Waals surface area contributed by atoms with Crippen molar-refractivity contribution in [1.29, 1.82) is 0 Å². The van der Waals surface area contributed by atoms with Crippen LogP contribution in [0.15, 0.2) is 24.3 Å². The van der Waals surface area contributed by atoms with Gasteiger partial charge in [0.05, 0.1) is 0 Å². The molecule has 1 aromatic carbocycles. The zero-order valence-electron chi connectivity index (χ0n) is 8.96. The Bertz CT molecular complexity index is 229. The standard InChI is InChI=1S/C7H7F.C5H11N/c1-6-2-4-7(8)5-3-6;1-6-4-2-3-5-6/h2-5H,1H3;2-5H2,1H3. The van der Waals surface area contributed by atoms with Gasteiger partial charge in [-0.15, -0.1) is 0 Å². The van der Waals surface area contributed by atoms with Crippen molar-refractivity contribution in [2.24, 2.45) is 0 Å². The molecule has 14 heavy (non-hydrogen) atoms. The number of hydrogen-bond donors (Lipinski definition) is 0. The maximum Gasteiger partial charge on any atom is 0.123 e.